The normalized spacial score (nSPS) is 10.2. The molecule has 0 spiro atoms. The monoisotopic (exact) mass is 395 g/mol. The van der Waals surface area contributed by atoms with Gasteiger partial charge in [-0.3, -0.25) is 9.59 Å². The second-order valence-corrected chi connectivity index (χ2v) is 5.92. The minimum absolute atomic E-state index is 0.0360. The summed E-state index contributed by atoms with van der Waals surface area (Å²) in [5.41, 5.74) is 0.606. The third-order valence-corrected chi connectivity index (χ3v) is 3.81. The van der Waals surface area contributed by atoms with Crippen LogP contribution in [0.4, 0.5) is 10.1 Å². The smallest absolute Gasteiger partial charge is 0.273 e. The Hall–Kier alpha value is -3.94. The van der Waals surface area contributed by atoms with Crippen LogP contribution in [0, 0.1) is 5.82 Å². The van der Waals surface area contributed by atoms with Gasteiger partial charge in [0, 0.05) is 18.3 Å². The Kier molecular flexibility index (Phi) is 6.36. The van der Waals surface area contributed by atoms with Gasteiger partial charge < -0.3 is 19.9 Å². The summed E-state index contributed by atoms with van der Waals surface area (Å²) < 4.78 is 24.3. The summed E-state index contributed by atoms with van der Waals surface area (Å²) in [4.78, 5) is 23.9. The summed E-state index contributed by atoms with van der Waals surface area (Å²) >= 11 is 0. The summed E-state index contributed by atoms with van der Waals surface area (Å²) in [5.74, 6) is -0.598. The van der Waals surface area contributed by atoms with Crippen molar-refractivity contribution >= 4 is 17.5 Å². The van der Waals surface area contributed by atoms with Crippen molar-refractivity contribution in [3.63, 3.8) is 0 Å². The van der Waals surface area contributed by atoms with Gasteiger partial charge in [0.2, 0.25) is 0 Å². The molecular formula is C21H18FN3O4. The summed E-state index contributed by atoms with van der Waals surface area (Å²) in [6.07, 6.45) is 1.56. The first-order valence-electron chi connectivity index (χ1n) is 8.70. The Morgan fingerprint density at radius 1 is 1.14 bits per heavy atom. The minimum atomic E-state index is -0.588. The molecule has 0 bridgehead atoms. The zero-order valence-corrected chi connectivity index (χ0v) is 15.4. The van der Waals surface area contributed by atoms with E-state index in [-0.39, 0.29) is 23.8 Å². The van der Waals surface area contributed by atoms with Crippen LogP contribution in [0.25, 0.3) is 0 Å². The van der Waals surface area contributed by atoms with E-state index in [1.54, 1.807) is 36.4 Å². The Morgan fingerprint density at radius 3 is 2.62 bits per heavy atom. The maximum Gasteiger partial charge on any atom is 0.273 e. The first-order valence-corrected chi connectivity index (χ1v) is 8.70. The molecule has 1 heterocycles. The van der Waals surface area contributed by atoms with Crippen LogP contribution in [0.2, 0.25) is 0 Å². The van der Waals surface area contributed by atoms with Crippen molar-refractivity contribution in [1.29, 1.82) is 0 Å². The lowest BCUT2D eigenvalue weighted by Crippen LogP contribution is -2.23. The number of carbonyl (C=O) groups is 2. The van der Waals surface area contributed by atoms with E-state index in [9.17, 15) is 14.0 Å². The predicted octanol–water partition coefficient (Wildman–Crippen LogP) is 3.56. The maximum absolute atomic E-state index is 13.7. The number of carbonyl (C=O) groups excluding carboxylic acids is 2. The minimum Gasteiger partial charge on any atom is -0.486 e. The maximum atomic E-state index is 13.7. The van der Waals surface area contributed by atoms with Crippen LogP contribution >= 0.6 is 0 Å². The highest BCUT2D eigenvalue weighted by Gasteiger charge is 2.13. The molecule has 29 heavy (non-hydrogen) atoms. The molecule has 3 rings (SSSR count). The molecule has 148 valence electrons. The van der Waals surface area contributed by atoms with Gasteiger partial charge >= 0.3 is 0 Å². The van der Waals surface area contributed by atoms with E-state index >= 15 is 0 Å². The number of hydrogen-bond acceptors (Lipinski definition) is 5. The van der Waals surface area contributed by atoms with E-state index < -0.39 is 11.7 Å². The van der Waals surface area contributed by atoms with E-state index in [0.717, 1.165) is 0 Å². The molecule has 2 N–H and O–H groups in total. The van der Waals surface area contributed by atoms with Crippen molar-refractivity contribution in [2.24, 2.45) is 0 Å². The van der Waals surface area contributed by atoms with Gasteiger partial charge in [0.05, 0.1) is 5.56 Å². The summed E-state index contributed by atoms with van der Waals surface area (Å²) in [6, 6.07) is 13.8. The average molecular weight is 395 g/mol. The lowest BCUT2D eigenvalue weighted by Gasteiger charge is -2.08. The predicted molar refractivity (Wildman–Crippen MR) is 104 cm³/mol. The number of rotatable bonds is 8. The van der Waals surface area contributed by atoms with Gasteiger partial charge in [0.25, 0.3) is 11.8 Å². The molecule has 1 aromatic heterocycles. The van der Waals surface area contributed by atoms with Crippen LogP contribution < -0.4 is 15.4 Å². The fourth-order valence-corrected chi connectivity index (χ4v) is 2.38. The van der Waals surface area contributed by atoms with Crippen LogP contribution in [-0.4, -0.2) is 23.5 Å². The molecule has 0 saturated carbocycles. The molecule has 0 radical (unpaired) electrons. The highest BCUT2D eigenvalue weighted by molar-refractivity contribution is 6.04. The zero-order valence-electron chi connectivity index (χ0n) is 15.4. The van der Waals surface area contributed by atoms with E-state index in [2.05, 4.69) is 22.4 Å². The Morgan fingerprint density at radius 2 is 1.90 bits per heavy atom. The van der Waals surface area contributed by atoms with Gasteiger partial charge in [-0.2, -0.15) is 0 Å². The lowest BCUT2D eigenvalue weighted by atomic mass is 10.2. The van der Waals surface area contributed by atoms with Gasteiger partial charge in [-0.05, 0) is 36.4 Å². The molecule has 7 nitrogen and oxygen atoms in total. The average Bonchev–Trinajstić information content (AvgIpc) is 3.21. The van der Waals surface area contributed by atoms with Crippen molar-refractivity contribution in [2.75, 3.05) is 11.9 Å². The lowest BCUT2D eigenvalue weighted by molar-refractivity contribution is 0.0947. The Balaban J connectivity index is 1.54. The Bertz CT molecular complexity index is 1010. The molecule has 8 heteroatoms. The van der Waals surface area contributed by atoms with Crippen LogP contribution in [0.15, 0.2) is 71.8 Å². The second kappa shape index (κ2) is 9.32. The molecule has 0 atom stereocenters. The summed E-state index contributed by atoms with van der Waals surface area (Å²) in [6.45, 7) is 3.92. The molecular weight excluding hydrogens is 377 g/mol. The standard InChI is InChI=1S/C21H18FN3O4/c1-2-11-23-21(27)19-12-16(29-25-19)13-28-15-9-7-14(8-10-15)24-20(26)17-5-3-4-6-18(17)22/h2-10,12H,1,11,13H2,(H,23,27)(H,24,26). The van der Waals surface area contributed by atoms with E-state index in [1.807, 2.05) is 0 Å². The summed E-state index contributed by atoms with van der Waals surface area (Å²) in [7, 11) is 0. The number of hydrogen-bond donors (Lipinski definition) is 2. The molecule has 0 fully saturated rings. The van der Waals surface area contributed by atoms with Gasteiger partial charge in [0.1, 0.15) is 18.2 Å². The van der Waals surface area contributed by atoms with Crippen molar-refractivity contribution in [3.05, 3.63) is 90.1 Å². The molecule has 2 amide bonds. The van der Waals surface area contributed by atoms with Crippen LogP contribution in [0.3, 0.4) is 0 Å². The van der Waals surface area contributed by atoms with Gasteiger partial charge in [-0.1, -0.05) is 23.4 Å². The number of benzene rings is 2. The first kappa shape index (κ1) is 19.8. The van der Waals surface area contributed by atoms with Gasteiger partial charge in [0.15, 0.2) is 11.5 Å². The topological polar surface area (TPSA) is 93.5 Å². The zero-order chi connectivity index (χ0) is 20.6. The van der Waals surface area contributed by atoms with Crippen LogP contribution in [0.5, 0.6) is 5.75 Å². The van der Waals surface area contributed by atoms with Gasteiger partial charge in [-0.15, -0.1) is 6.58 Å². The van der Waals surface area contributed by atoms with Gasteiger partial charge in [-0.25, -0.2) is 4.39 Å². The van der Waals surface area contributed by atoms with Crippen molar-refractivity contribution in [1.82, 2.24) is 10.5 Å². The molecule has 0 unspecified atom stereocenters. The highest BCUT2D eigenvalue weighted by atomic mass is 19.1. The highest BCUT2D eigenvalue weighted by Crippen LogP contribution is 2.18. The first-order chi connectivity index (χ1) is 14.1. The SMILES string of the molecule is C=CCNC(=O)c1cc(COc2ccc(NC(=O)c3ccccc3F)cc2)on1. The number of aromatic nitrogens is 1. The fraction of sp³-hybridized carbons (Fsp3) is 0.0952. The van der Waals surface area contributed by atoms with Crippen molar-refractivity contribution in [3.8, 4) is 5.75 Å². The van der Waals surface area contributed by atoms with E-state index in [4.69, 9.17) is 9.26 Å². The number of nitrogens with one attached hydrogen (secondary N) is 2. The second-order valence-electron chi connectivity index (χ2n) is 5.92. The third-order valence-electron chi connectivity index (χ3n) is 3.81. The molecule has 0 aliphatic carbocycles. The third kappa shape index (κ3) is 5.29. The fourth-order valence-electron chi connectivity index (χ4n) is 2.38. The number of ether oxygens (including phenoxy) is 1. The number of nitrogens with zero attached hydrogens (tertiary/aromatic N) is 1. The molecule has 0 aliphatic heterocycles. The van der Waals surface area contributed by atoms with Crippen LogP contribution in [-0.2, 0) is 6.61 Å². The summed E-state index contributed by atoms with van der Waals surface area (Å²) in [5, 5.41) is 8.90. The molecule has 0 saturated heterocycles. The van der Waals surface area contributed by atoms with Crippen LogP contribution in [0.1, 0.15) is 26.6 Å². The van der Waals surface area contributed by atoms with Crippen molar-refractivity contribution < 1.29 is 23.2 Å². The number of anilines is 1. The van der Waals surface area contributed by atoms with E-state index in [0.29, 0.717) is 23.7 Å². The Labute approximate surface area is 166 Å². The van der Waals surface area contributed by atoms with Crippen molar-refractivity contribution in [2.45, 2.75) is 6.61 Å². The quantitative estimate of drug-likeness (QED) is 0.569. The largest absolute Gasteiger partial charge is 0.486 e. The van der Waals surface area contributed by atoms with E-state index in [1.165, 1.54) is 24.3 Å². The number of amides is 2. The molecule has 3 aromatic rings. The molecule has 2 aromatic carbocycles. The molecule has 0 aliphatic rings. The number of halogens is 1.